The van der Waals surface area contributed by atoms with Crippen LogP contribution >= 0.6 is 11.8 Å². The minimum atomic E-state index is -4.57. The number of anilines is 1. The van der Waals surface area contributed by atoms with E-state index in [-0.39, 0.29) is 17.0 Å². The number of aromatic nitrogens is 3. The zero-order valence-corrected chi connectivity index (χ0v) is 15.9. The quantitative estimate of drug-likeness (QED) is 0.495. The monoisotopic (exact) mass is 410 g/mol. The summed E-state index contributed by atoms with van der Waals surface area (Å²) in [5.74, 6) is -0.808. The molecule has 3 aromatic rings. The largest absolute Gasteiger partial charge is 0.418 e. The van der Waals surface area contributed by atoms with Crippen LogP contribution in [0.25, 0.3) is 11.0 Å². The van der Waals surface area contributed by atoms with Gasteiger partial charge in [0.15, 0.2) is 5.16 Å². The minimum absolute atomic E-state index is 0.187. The third-order valence-electron chi connectivity index (χ3n) is 3.99. The first kappa shape index (κ1) is 20.0. The van der Waals surface area contributed by atoms with Crippen LogP contribution in [0.4, 0.5) is 18.9 Å². The number of thioether (sulfide) groups is 1. The summed E-state index contributed by atoms with van der Waals surface area (Å²) < 4.78 is 40.5. The molecule has 1 aromatic carbocycles. The number of benzene rings is 1. The van der Waals surface area contributed by atoms with Gasteiger partial charge in [0, 0.05) is 12.2 Å². The molecule has 0 spiro atoms. The third kappa shape index (κ3) is 4.06. The number of carbonyl (C=O) groups is 1. The van der Waals surface area contributed by atoms with Crippen LogP contribution in [0.2, 0.25) is 0 Å². The summed E-state index contributed by atoms with van der Waals surface area (Å²) in [6, 6.07) is 6.49. The molecule has 2 heterocycles. The fourth-order valence-corrected chi connectivity index (χ4v) is 3.62. The molecular formula is C18H17F3N4O2S. The number of aromatic amines is 1. The van der Waals surface area contributed by atoms with Gasteiger partial charge in [0.25, 0.3) is 5.56 Å². The van der Waals surface area contributed by atoms with Gasteiger partial charge in [-0.1, -0.05) is 23.9 Å². The Bertz CT molecular complexity index is 1090. The van der Waals surface area contributed by atoms with E-state index < -0.39 is 17.6 Å². The third-order valence-corrected chi connectivity index (χ3v) is 4.97. The van der Waals surface area contributed by atoms with E-state index >= 15 is 0 Å². The molecule has 1 amide bonds. The maximum absolute atomic E-state index is 13.0. The SMILES string of the molecule is CCn1c(SCC(=O)Nc2ccccc2C(F)(F)F)nc2cc(C)[nH]c2c1=O. The number of hydrogen-bond donors (Lipinski definition) is 2. The van der Waals surface area contributed by atoms with Crippen LogP contribution in [-0.4, -0.2) is 26.2 Å². The lowest BCUT2D eigenvalue weighted by Gasteiger charge is -2.14. The normalized spacial score (nSPS) is 11.8. The Morgan fingerprint density at radius 3 is 2.71 bits per heavy atom. The number of fused-ring (bicyclic) bond motifs is 1. The number of H-pyrrole nitrogens is 1. The maximum Gasteiger partial charge on any atom is 0.418 e. The molecule has 2 aromatic heterocycles. The first-order valence-electron chi connectivity index (χ1n) is 8.39. The average Bonchev–Trinajstić information content (AvgIpc) is 3.00. The fourth-order valence-electron chi connectivity index (χ4n) is 2.76. The zero-order chi connectivity index (χ0) is 20.5. The van der Waals surface area contributed by atoms with Gasteiger partial charge < -0.3 is 10.3 Å². The Morgan fingerprint density at radius 2 is 2.04 bits per heavy atom. The van der Waals surface area contributed by atoms with Gasteiger partial charge in [-0.2, -0.15) is 13.2 Å². The average molecular weight is 410 g/mol. The Morgan fingerprint density at radius 1 is 1.32 bits per heavy atom. The summed E-state index contributed by atoms with van der Waals surface area (Å²) in [6.07, 6.45) is -4.57. The molecule has 0 aliphatic carbocycles. The lowest BCUT2D eigenvalue weighted by Crippen LogP contribution is -2.23. The van der Waals surface area contributed by atoms with Gasteiger partial charge in [0.1, 0.15) is 5.52 Å². The van der Waals surface area contributed by atoms with Crippen molar-refractivity contribution in [3.63, 3.8) is 0 Å². The van der Waals surface area contributed by atoms with Crippen molar-refractivity contribution in [3.05, 3.63) is 51.9 Å². The van der Waals surface area contributed by atoms with Crippen molar-refractivity contribution in [3.8, 4) is 0 Å². The second-order valence-corrected chi connectivity index (χ2v) is 6.98. The van der Waals surface area contributed by atoms with E-state index in [0.717, 1.165) is 23.5 Å². The lowest BCUT2D eigenvalue weighted by molar-refractivity contribution is -0.137. The number of rotatable bonds is 5. The number of nitrogens with zero attached hydrogens (tertiary/aromatic N) is 2. The fraction of sp³-hybridized carbons (Fsp3) is 0.278. The van der Waals surface area contributed by atoms with Crippen molar-refractivity contribution in [2.24, 2.45) is 0 Å². The summed E-state index contributed by atoms with van der Waals surface area (Å²) >= 11 is 0.995. The van der Waals surface area contributed by atoms with Crippen LogP contribution in [0.5, 0.6) is 0 Å². The highest BCUT2D eigenvalue weighted by Crippen LogP contribution is 2.34. The van der Waals surface area contributed by atoms with Crippen LogP contribution in [0.1, 0.15) is 18.2 Å². The van der Waals surface area contributed by atoms with Crippen molar-refractivity contribution in [2.45, 2.75) is 31.7 Å². The van der Waals surface area contributed by atoms with Gasteiger partial charge in [0.2, 0.25) is 5.91 Å². The molecule has 6 nitrogen and oxygen atoms in total. The van der Waals surface area contributed by atoms with Gasteiger partial charge in [-0.3, -0.25) is 14.2 Å². The van der Waals surface area contributed by atoms with Crippen molar-refractivity contribution in [1.82, 2.24) is 14.5 Å². The molecule has 0 atom stereocenters. The molecule has 2 N–H and O–H groups in total. The topological polar surface area (TPSA) is 79.8 Å². The predicted molar refractivity (Wildman–Crippen MR) is 102 cm³/mol. The van der Waals surface area contributed by atoms with Crippen molar-refractivity contribution in [1.29, 1.82) is 0 Å². The molecule has 3 rings (SSSR count). The highest BCUT2D eigenvalue weighted by Gasteiger charge is 2.33. The number of nitrogens with one attached hydrogen (secondary N) is 2. The van der Waals surface area contributed by atoms with Crippen molar-refractivity contribution >= 4 is 34.4 Å². The van der Waals surface area contributed by atoms with Crippen LogP contribution in [0.3, 0.4) is 0 Å². The van der Waals surface area contributed by atoms with Gasteiger partial charge >= 0.3 is 6.18 Å². The van der Waals surface area contributed by atoms with E-state index in [2.05, 4.69) is 15.3 Å². The maximum atomic E-state index is 13.0. The molecule has 0 aliphatic rings. The number of para-hydroxylation sites is 1. The van der Waals surface area contributed by atoms with Crippen LogP contribution < -0.4 is 10.9 Å². The number of hydrogen-bond acceptors (Lipinski definition) is 4. The highest BCUT2D eigenvalue weighted by molar-refractivity contribution is 7.99. The zero-order valence-electron chi connectivity index (χ0n) is 15.1. The van der Waals surface area contributed by atoms with Gasteiger partial charge in [-0.05, 0) is 32.0 Å². The molecule has 0 unspecified atom stereocenters. The molecule has 0 saturated heterocycles. The van der Waals surface area contributed by atoms with E-state index in [1.807, 2.05) is 0 Å². The van der Waals surface area contributed by atoms with Gasteiger partial charge in [-0.15, -0.1) is 0 Å². The first-order chi connectivity index (χ1) is 13.2. The summed E-state index contributed by atoms with van der Waals surface area (Å²) in [4.78, 5) is 32.1. The smallest absolute Gasteiger partial charge is 0.353 e. The Hall–Kier alpha value is -2.75. The molecule has 28 heavy (non-hydrogen) atoms. The standard InChI is InChI=1S/C18H17F3N4O2S/c1-3-25-16(27)15-13(8-10(2)22-15)24-17(25)28-9-14(26)23-12-7-5-4-6-11(12)18(19,20)21/h4-8,22H,3,9H2,1-2H3,(H,23,26). The number of alkyl halides is 3. The second-order valence-electron chi connectivity index (χ2n) is 6.04. The van der Waals surface area contributed by atoms with Gasteiger partial charge in [-0.25, -0.2) is 4.98 Å². The summed E-state index contributed by atoms with van der Waals surface area (Å²) in [5.41, 5.74) is 0.168. The van der Waals surface area contributed by atoms with E-state index in [4.69, 9.17) is 0 Å². The van der Waals surface area contributed by atoms with Gasteiger partial charge in [0.05, 0.1) is 22.5 Å². The molecular weight excluding hydrogens is 393 g/mol. The van der Waals surface area contributed by atoms with E-state index in [1.165, 1.54) is 22.8 Å². The number of halogens is 3. The highest BCUT2D eigenvalue weighted by atomic mass is 32.2. The predicted octanol–water partition coefficient (Wildman–Crippen LogP) is 3.80. The molecule has 0 aliphatic heterocycles. The molecule has 10 heteroatoms. The van der Waals surface area contributed by atoms with Crippen LogP contribution in [0.15, 0.2) is 40.3 Å². The van der Waals surface area contributed by atoms with E-state index in [1.54, 1.807) is 19.9 Å². The van der Waals surface area contributed by atoms with E-state index in [9.17, 15) is 22.8 Å². The number of amides is 1. The van der Waals surface area contributed by atoms with Crippen molar-refractivity contribution in [2.75, 3.05) is 11.1 Å². The molecule has 0 saturated carbocycles. The second kappa shape index (κ2) is 7.70. The Kier molecular flexibility index (Phi) is 5.50. The molecule has 0 fully saturated rings. The molecule has 0 radical (unpaired) electrons. The lowest BCUT2D eigenvalue weighted by atomic mass is 10.1. The minimum Gasteiger partial charge on any atom is -0.353 e. The molecule has 0 bridgehead atoms. The first-order valence-corrected chi connectivity index (χ1v) is 9.38. The molecule has 148 valence electrons. The Labute approximate surface area is 162 Å². The number of carbonyl (C=O) groups excluding carboxylic acids is 1. The van der Waals surface area contributed by atoms with E-state index in [0.29, 0.717) is 22.7 Å². The summed E-state index contributed by atoms with van der Waals surface area (Å²) in [5, 5.41) is 2.61. The Balaban J connectivity index is 1.80. The number of aryl methyl sites for hydroxylation is 1. The summed E-state index contributed by atoms with van der Waals surface area (Å²) in [6.45, 7) is 3.92. The summed E-state index contributed by atoms with van der Waals surface area (Å²) in [7, 11) is 0. The van der Waals surface area contributed by atoms with Crippen LogP contribution in [-0.2, 0) is 17.5 Å². The van der Waals surface area contributed by atoms with Crippen molar-refractivity contribution < 1.29 is 18.0 Å². The van der Waals surface area contributed by atoms with Crippen LogP contribution in [0, 0.1) is 6.92 Å².